The number of hydrogen-bond donors (Lipinski definition) is 0. The van der Waals surface area contributed by atoms with E-state index in [9.17, 15) is 13.2 Å². The molecular weight excluding hydrogens is 237 g/mol. The molecule has 0 N–H and O–H groups in total. The monoisotopic (exact) mass is 246 g/mol. The van der Waals surface area contributed by atoms with Crippen molar-refractivity contribution in [1.82, 2.24) is 0 Å². The molecule has 1 atom stereocenters. The molecule has 1 aliphatic rings. The molecule has 0 spiro atoms. The zero-order chi connectivity index (χ0) is 11.8. The number of alkyl halides is 3. The van der Waals surface area contributed by atoms with Crippen LogP contribution < -0.4 is 4.74 Å². The number of fused-ring (bicyclic) bond motifs is 1. The van der Waals surface area contributed by atoms with Crippen molar-refractivity contribution in [1.29, 1.82) is 0 Å². The molecule has 2 rings (SSSR count). The van der Waals surface area contributed by atoms with Gasteiger partial charge in [-0.15, -0.1) is 11.8 Å². The van der Waals surface area contributed by atoms with Gasteiger partial charge in [0.1, 0.15) is 5.75 Å². The summed E-state index contributed by atoms with van der Waals surface area (Å²) >= 11 is 1.54. The van der Waals surface area contributed by atoms with Crippen LogP contribution in [0, 0.1) is 0 Å². The highest BCUT2D eigenvalue weighted by Gasteiger charge is 2.41. The quantitative estimate of drug-likeness (QED) is 0.698. The standard InChI is InChI=1S/C11H9F3OS/c1-16-8-3-4-9-7(6-8)2-5-10(15-9)11(12,13)14/h2-6,10H,1H3. The summed E-state index contributed by atoms with van der Waals surface area (Å²) in [6.07, 6.45) is -1.79. The Kier molecular flexibility index (Phi) is 2.88. The first kappa shape index (κ1) is 11.4. The second kappa shape index (κ2) is 4.05. The molecule has 0 saturated heterocycles. The van der Waals surface area contributed by atoms with E-state index in [4.69, 9.17) is 4.74 Å². The number of ether oxygens (including phenoxy) is 1. The molecule has 5 heteroatoms. The van der Waals surface area contributed by atoms with Crippen LogP contribution in [-0.4, -0.2) is 18.5 Å². The van der Waals surface area contributed by atoms with Gasteiger partial charge >= 0.3 is 6.18 Å². The Morgan fingerprint density at radius 3 is 2.69 bits per heavy atom. The minimum absolute atomic E-state index is 0.280. The first-order chi connectivity index (χ1) is 7.50. The minimum atomic E-state index is -4.35. The van der Waals surface area contributed by atoms with Gasteiger partial charge in [0.05, 0.1) is 0 Å². The maximum atomic E-state index is 12.4. The fourth-order valence-electron chi connectivity index (χ4n) is 1.43. The molecule has 16 heavy (non-hydrogen) atoms. The lowest BCUT2D eigenvalue weighted by Gasteiger charge is -2.23. The lowest BCUT2D eigenvalue weighted by atomic mass is 10.1. The van der Waals surface area contributed by atoms with Crippen LogP contribution in [0.3, 0.4) is 0 Å². The predicted octanol–water partition coefficient (Wildman–Crippen LogP) is 3.75. The molecule has 0 aliphatic carbocycles. The first-order valence-corrected chi connectivity index (χ1v) is 5.83. The van der Waals surface area contributed by atoms with Gasteiger partial charge in [-0.3, -0.25) is 0 Å². The highest BCUT2D eigenvalue weighted by atomic mass is 32.2. The van der Waals surface area contributed by atoms with Gasteiger partial charge in [-0.25, -0.2) is 0 Å². The van der Waals surface area contributed by atoms with E-state index < -0.39 is 12.3 Å². The Labute approximate surface area is 95.3 Å². The van der Waals surface area contributed by atoms with Gasteiger partial charge in [-0.2, -0.15) is 13.2 Å². The molecule has 0 radical (unpaired) electrons. The summed E-state index contributed by atoms with van der Waals surface area (Å²) in [5.74, 6) is 0.280. The fourth-order valence-corrected chi connectivity index (χ4v) is 1.88. The van der Waals surface area contributed by atoms with Crippen LogP contribution in [0.1, 0.15) is 5.56 Å². The number of rotatable bonds is 1. The molecule has 0 fully saturated rings. The average molecular weight is 246 g/mol. The molecule has 1 nitrogen and oxygen atoms in total. The van der Waals surface area contributed by atoms with Crippen molar-refractivity contribution < 1.29 is 17.9 Å². The number of thioether (sulfide) groups is 1. The second-order valence-electron chi connectivity index (χ2n) is 3.34. The maximum absolute atomic E-state index is 12.4. The first-order valence-electron chi connectivity index (χ1n) is 4.60. The molecule has 1 aromatic rings. The van der Waals surface area contributed by atoms with Crippen LogP contribution in [-0.2, 0) is 0 Å². The van der Waals surface area contributed by atoms with E-state index in [1.807, 2.05) is 12.3 Å². The smallest absolute Gasteiger partial charge is 0.429 e. The Morgan fingerprint density at radius 2 is 2.06 bits per heavy atom. The topological polar surface area (TPSA) is 9.23 Å². The Morgan fingerprint density at radius 1 is 1.31 bits per heavy atom. The van der Waals surface area contributed by atoms with Crippen molar-refractivity contribution >= 4 is 17.8 Å². The summed E-state index contributed by atoms with van der Waals surface area (Å²) < 4.78 is 42.1. The van der Waals surface area contributed by atoms with Crippen molar-refractivity contribution in [2.75, 3.05) is 6.26 Å². The second-order valence-corrected chi connectivity index (χ2v) is 4.22. The van der Waals surface area contributed by atoms with Crippen molar-refractivity contribution in [3.8, 4) is 5.75 Å². The number of benzene rings is 1. The summed E-state index contributed by atoms with van der Waals surface area (Å²) in [6.45, 7) is 0. The van der Waals surface area contributed by atoms with Gasteiger partial charge in [0.25, 0.3) is 0 Å². The maximum Gasteiger partial charge on any atom is 0.429 e. The largest absolute Gasteiger partial charge is 0.476 e. The fraction of sp³-hybridized carbons (Fsp3) is 0.273. The molecule has 1 aromatic carbocycles. The SMILES string of the molecule is CSc1ccc2c(c1)C=CC(C(F)(F)F)O2. The molecular formula is C11H9F3OS. The van der Waals surface area contributed by atoms with E-state index >= 15 is 0 Å². The van der Waals surface area contributed by atoms with Gasteiger partial charge in [0.15, 0.2) is 0 Å². The van der Waals surface area contributed by atoms with Gasteiger partial charge in [-0.1, -0.05) is 6.08 Å². The van der Waals surface area contributed by atoms with Crippen LogP contribution in [0.15, 0.2) is 29.2 Å². The van der Waals surface area contributed by atoms with Crippen LogP contribution in [0.5, 0.6) is 5.75 Å². The molecule has 0 saturated carbocycles. The third kappa shape index (κ3) is 2.19. The Bertz CT molecular complexity index is 426. The minimum Gasteiger partial charge on any atom is -0.476 e. The van der Waals surface area contributed by atoms with Gasteiger partial charge in [-0.05, 0) is 30.5 Å². The van der Waals surface area contributed by atoms with Crippen LogP contribution >= 0.6 is 11.8 Å². The normalized spacial score (nSPS) is 19.1. The molecule has 86 valence electrons. The molecule has 0 aromatic heterocycles. The van der Waals surface area contributed by atoms with E-state index in [-0.39, 0.29) is 5.75 Å². The van der Waals surface area contributed by atoms with Crippen molar-refractivity contribution in [2.24, 2.45) is 0 Å². The van der Waals surface area contributed by atoms with Gasteiger partial charge in [0.2, 0.25) is 6.10 Å². The van der Waals surface area contributed by atoms with Crippen molar-refractivity contribution in [3.05, 3.63) is 29.8 Å². The van der Waals surface area contributed by atoms with E-state index in [2.05, 4.69) is 0 Å². The molecule has 1 heterocycles. The van der Waals surface area contributed by atoms with Crippen molar-refractivity contribution in [2.45, 2.75) is 17.2 Å². The highest BCUT2D eigenvalue weighted by Crippen LogP contribution is 2.34. The summed E-state index contributed by atoms with van der Waals surface area (Å²) in [5.41, 5.74) is 0.687. The predicted molar refractivity (Wildman–Crippen MR) is 57.7 cm³/mol. The molecule has 1 aliphatic heterocycles. The summed E-state index contributed by atoms with van der Waals surface area (Å²) in [4.78, 5) is 0.998. The summed E-state index contributed by atoms with van der Waals surface area (Å²) in [6, 6.07) is 5.13. The zero-order valence-electron chi connectivity index (χ0n) is 8.41. The molecule has 0 bridgehead atoms. The van der Waals surface area contributed by atoms with E-state index in [1.54, 1.807) is 12.1 Å². The van der Waals surface area contributed by atoms with Crippen molar-refractivity contribution in [3.63, 3.8) is 0 Å². The Hall–Kier alpha value is -1.10. The Balaban J connectivity index is 2.30. The third-order valence-corrected chi connectivity index (χ3v) is 2.97. The average Bonchev–Trinajstić information content (AvgIpc) is 2.26. The lowest BCUT2D eigenvalue weighted by Crippen LogP contribution is -2.33. The van der Waals surface area contributed by atoms with Crippen LogP contribution in [0.25, 0.3) is 6.08 Å². The van der Waals surface area contributed by atoms with E-state index in [0.717, 1.165) is 11.0 Å². The van der Waals surface area contributed by atoms with Gasteiger partial charge < -0.3 is 4.74 Å². The molecule has 0 amide bonds. The molecule has 1 unspecified atom stereocenters. The summed E-state index contributed by atoms with van der Waals surface area (Å²) in [5, 5.41) is 0. The number of hydrogen-bond acceptors (Lipinski definition) is 2. The lowest BCUT2D eigenvalue weighted by molar-refractivity contribution is -0.180. The van der Waals surface area contributed by atoms with Crippen LogP contribution in [0.4, 0.5) is 13.2 Å². The zero-order valence-corrected chi connectivity index (χ0v) is 9.23. The summed E-state index contributed by atoms with van der Waals surface area (Å²) in [7, 11) is 0. The highest BCUT2D eigenvalue weighted by molar-refractivity contribution is 7.98. The van der Waals surface area contributed by atoms with Crippen LogP contribution in [0.2, 0.25) is 0 Å². The number of halogens is 3. The van der Waals surface area contributed by atoms with E-state index in [1.165, 1.54) is 17.8 Å². The third-order valence-electron chi connectivity index (χ3n) is 2.24. The van der Waals surface area contributed by atoms with Gasteiger partial charge in [0, 0.05) is 10.5 Å². The van der Waals surface area contributed by atoms with E-state index in [0.29, 0.717) is 5.56 Å².